The van der Waals surface area contributed by atoms with Crippen LogP contribution < -0.4 is 31.9 Å². The zero-order chi connectivity index (χ0) is 31.1. The Bertz CT molecular complexity index is 1020. The number of rotatable bonds is 0. The number of nitrogens with one attached hydrogen (secondary N) is 6. The molecular weight excluding hydrogens is 544 g/mol. The molecule has 8 nitrogen and oxygen atoms in total. The third-order valence-electron chi connectivity index (χ3n) is 9.36. The van der Waals surface area contributed by atoms with Gasteiger partial charge in [-0.3, -0.25) is 41.7 Å². The minimum absolute atomic E-state index is 0.148. The molecule has 3 aromatic rings. The maximum atomic E-state index is 3.81. The molecule has 3 aromatic carbocycles. The Kier molecular flexibility index (Phi) is 11.6. The van der Waals surface area contributed by atoms with Gasteiger partial charge >= 0.3 is 0 Å². The number of nitrogens with zero attached hydrogens (tertiary/aromatic N) is 2. The van der Waals surface area contributed by atoms with Crippen molar-refractivity contribution in [3.63, 3.8) is 0 Å². The van der Waals surface area contributed by atoms with Gasteiger partial charge in [-0.1, -0.05) is 72.8 Å². The Hall–Kier alpha value is -2.66. The Morgan fingerprint density at radius 1 is 0.318 bits per heavy atom. The number of hydrogen-bond acceptors (Lipinski definition) is 8. The van der Waals surface area contributed by atoms with Crippen molar-refractivity contribution in [3.8, 4) is 0 Å². The van der Waals surface area contributed by atoms with E-state index in [0.29, 0.717) is 0 Å². The molecule has 8 heteroatoms. The van der Waals surface area contributed by atoms with Crippen LogP contribution in [0.5, 0.6) is 0 Å². The van der Waals surface area contributed by atoms with Crippen molar-refractivity contribution in [1.82, 2.24) is 41.7 Å². The van der Waals surface area contributed by atoms with Gasteiger partial charge in [0.05, 0.1) is 37.0 Å². The lowest BCUT2D eigenvalue weighted by atomic mass is 10.1. The molecule has 0 amide bonds. The van der Waals surface area contributed by atoms with Crippen LogP contribution in [0, 0.1) is 0 Å². The van der Waals surface area contributed by atoms with Gasteiger partial charge in [0.15, 0.2) is 0 Å². The summed E-state index contributed by atoms with van der Waals surface area (Å²) in [6.45, 7) is 18.5. The maximum Gasteiger partial charge on any atom is 0.0599 e. The number of benzene rings is 3. The lowest BCUT2D eigenvalue weighted by Crippen LogP contribution is -2.60. The van der Waals surface area contributed by atoms with Crippen LogP contribution in [0.3, 0.4) is 0 Å². The molecule has 238 valence electrons. The van der Waals surface area contributed by atoms with Crippen molar-refractivity contribution in [2.75, 3.05) is 0 Å². The Balaban J connectivity index is 1.50. The summed E-state index contributed by atoms with van der Waals surface area (Å²) < 4.78 is 0. The van der Waals surface area contributed by atoms with Crippen LogP contribution in [-0.2, 0) is 39.3 Å². The van der Waals surface area contributed by atoms with E-state index >= 15 is 0 Å². The number of hydrogen-bond donors (Lipinski definition) is 6. The highest BCUT2D eigenvalue weighted by Gasteiger charge is 2.27. The Morgan fingerprint density at radius 2 is 0.455 bits per heavy atom. The fourth-order valence-electron chi connectivity index (χ4n) is 6.56. The smallest absolute Gasteiger partial charge is 0.0599 e. The van der Waals surface area contributed by atoms with Crippen molar-refractivity contribution in [3.05, 3.63) is 106 Å². The molecule has 15 rings (SSSR count). The summed E-state index contributed by atoms with van der Waals surface area (Å²) in [5, 5.41) is 22.8. The third-order valence-corrected chi connectivity index (χ3v) is 9.36. The summed E-state index contributed by atoms with van der Waals surface area (Å²) in [4.78, 5) is 5.01. The van der Waals surface area contributed by atoms with E-state index in [2.05, 4.69) is 156 Å². The molecule has 0 aliphatic carbocycles. The Labute approximate surface area is 265 Å². The summed E-state index contributed by atoms with van der Waals surface area (Å²) in [7, 11) is 0. The average Bonchev–Trinajstić information content (AvgIpc) is 3.03. The minimum atomic E-state index is 0.148. The molecule has 12 aliphatic rings. The molecule has 6 atom stereocenters. The fraction of sp³-hybridized carbons (Fsp3) is 0.500. The van der Waals surface area contributed by atoms with Crippen molar-refractivity contribution in [1.29, 1.82) is 0 Å². The highest BCUT2D eigenvalue weighted by atomic mass is 15.4. The molecule has 12 aliphatic heterocycles. The standard InChI is InChI=1S/C36H54N8/c1-25-37-19-31-7-9-34(10-8-31)22-40-28(4)44-29(5)41-23-35-15-11-32(12-16-35)20-38-26(2)43(25)27(3)39-21-33-13-17-36(18-14-33)24-42-30(44)6/h7-18,25-30,37-42H,19-24H2,1-6H3. The van der Waals surface area contributed by atoms with Crippen LogP contribution in [0.1, 0.15) is 74.9 Å². The topological polar surface area (TPSA) is 78.7 Å². The second kappa shape index (κ2) is 15.6. The van der Waals surface area contributed by atoms with Gasteiger partial charge in [-0.25, -0.2) is 0 Å². The first-order chi connectivity index (χ1) is 21.3. The van der Waals surface area contributed by atoms with Crippen molar-refractivity contribution >= 4 is 0 Å². The van der Waals surface area contributed by atoms with Crippen molar-refractivity contribution < 1.29 is 0 Å². The van der Waals surface area contributed by atoms with Crippen LogP contribution >= 0.6 is 0 Å². The predicted molar refractivity (Wildman–Crippen MR) is 181 cm³/mol. The molecule has 0 spiro atoms. The molecule has 12 heterocycles. The summed E-state index contributed by atoms with van der Waals surface area (Å²) >= 11 is 0. The lowest BCUT2D eigenvalue weighted by molar-refractivity contribution is 0.0469. The molecule has 0 saturated carbocycles. The summed E-state index contributed by atoms with van der Waals surface area (Å²) in [6, 6.07) is 27.1. The Morgan fingerprint density at radius 3 is 0.591 bits per heavy atom. The molecular formula is C36H54N8. The third kappa shape index (κ3) is 8.74. The minimum Gasteiger partial charge on any atom is -0.298 e. The van der Waals surface area contributed by atoms with Crippen LogP contribution in [0.25, 0.3) is 0 Å². The molecule has 0 aromatic heterocycles. The monoisotopic (exact) mass is 598 g/mol. The molecule has 0 fully saturated rings. The highest BCUT2D eigenvalue weighted by molar-refractivity contribution is 5.24. The van der Waals surface area contributed by atoms with E-state index in [0.717, 1.165) is 39.3 Å². The first-order valence-corrected chi connectivity index (χ1v) is 16.5. The van der Waals surface area contributed by atoms with E-state index in [9.17, 15) is 0 Å². The van der Waals surface area contributed by atoms with Gasteiger partial charge in [0.25, 0.3) is 0 Å². The second-order valence-electron chi connectivity index (χ2n) is 12.7. The van der Waals surface area contributed by atoms with Gasteiger partial charge in [-0.2, -0.15) is 0 Å². The second-order valence-corrected chi connectivity index (χ2v) is 12.7. The normalized spacial score (nSPS) is 31.2. The van der Waals surface area contributed by atoms with Crippen molar-refractivity contribution in [2.45, 2.75) is 118 Å². The SMILES string of the molecule is CC1NCc2ccc(cc2)CNC(C)N2C(C)NCc3ccc(cc3)CNC(C)N1C(C)NCc1ccc(cc1)CNC2C. The average molecular weight is 599 g/mol. The van der Waals surface area contributed by atoms with Gasteiger partial charge in [0.1, 0.15) is 0 Å². The largest absolute Gasteiger partial charge is 0.298 e. The van der Waals surface area contributed by atoms with E-state index in [1.807, 2.05) is 0 Å². The van der Waals surface area contributed by atoms with Crippen LogP contribution in [0.4, 0.5) is 0 Å². The summed E-state index contributed by atoms with van der Waals surface area (Å²) in [5.41, 5.74) is 7.73. The van der Waals surface area contributed by atoms with E-state index in [-0.39, 0.29) is 37.0 Å². The fourth-order valence-corrected chi connectivity index (χ4v) is 6.56. The maximum absolute atomic E-state index is 3.81. The summed E-state index contributed by atoms with van der Waals surface area (Å²) in [6.07, 6.45) is 0.888. The van der Waals surface area contributed by atoms with Crippen LogP contribution in [0.15, 0.2) is 72.8 Å². The van der Waals surface area contributed by atoms with Crippen molar-refractivity contribution in [2.24, 2.45) is 0 Å². The van der Waals surface area contributed by atoms with E-state index in [1.54, 1.807) is 0 Å². The zero-order valence-electron chi connectivity index (χ0n) is 27.5. The van der Waals surface area contributed by atoms with Gasteiger partial charge in [0.2, 0.25) is 0 Å². The predicted octanol–water partition coefficient (Wildman–Crippen LogP) is 4.33. The van der Waals surface area contributed by atoms with Gasteiger partial charge in [-0.15, -0.1) is 0 Å². The van der Waals surface area contributed by atoms with E-state index < -0.39 is 0 Å². The highest BCUT2D eigenvalue weighted by Crippen LogP contribution is 2.15. The first kappa shape index (κ1) is 32.7. The first-order valence-electron chi connectivity index (χ1n) is 16.5. The molecule has 44 heavy (non-hydrogen) atoms. The molecule has 8 bridgehead atoms. The van der Waals surface area contributed by atoms with E-state index in [4.69, 9.17) is 0 Å². The molecule has 6 unspecified atom stereocenters. The van der Waals surface area contributed by atoms with Crippen LogP contribution in [-0.4, -0.2) is 46.8 Å². The lowest BCUT2D eigenvalue weighted by Gasteiger charge is -2.41. The van der Waals surface area contributed by atoms with Crippen LogP contribution in [0.2, 0.25) is 0 Å². The van der Waals surface area contributed by atoms with Gasteiger partial charge in [-0.05, 0) is 74.9 Å². The molecule has 6 N–H and O–H groups in total. The van der Waals surface area contributed by atoms with E-state index in [1.165, 1.54) is 33.4 Å². The zero-order valence-corrected chi connectivity index (χ0v) is 27.5. The molecule has 0 saturated heterocycles. The molecule has 0 radical (unpaired) electrons. The van der Waals surface area contributed by atoms with Gasteiger partial charge < -0.3 is 0 Å². The van der Waals surface area contributed by atoms with Gasteiger partial charge in [0, 0.05) is 39.3 Å². The summed E-state index contributed by atoms with van der Waals surface area (Å²) in [5.74, 6) is 0. The quantitative estimate of drug-likeness (QED) is 0.228.